The molecule has 8 N–H and O–H groups in total. The lowest BCUT2D eigenvalue weighted by atomic mass is 9.81. The largest absolute Gasteiger partial charge is 0.461 e. The van der Waals surface area contributed by atoms with Gasteiger partial charge in [-0.25, -0.2) is 31.5 Å². The van der Waals surface area contributed by atoms with Crippen LogP contribution in [0.1, 0.15) is 78.1 Å². The molecule has 40 heavy (non-hydrogen) atoms. The highest BCUT2D eigenvalue weighted by Crippen LogP contribution is 2.28. The maximum absolute atomic E-state index is 12.3. The lowest BCUT2D eigenvalue weighted by Crippen LogP contribution is -2.53. The van der Waals surface area contributed by atoms with Gasteiger partial charge in [-0.2, -0.15) is 0 Å². The van der Waals surface area contributed by atoms with E-state index in [0.717, 1.165) is 25.7 Å². The first-order chi connectivity index (χ1) is 19.0. The first kappa shape index (κ1) is 36.4. The van der Waals surface area contributed by atoms with Gasteiger partial charge in [-0.3, -0.25) is 40.0 Å². The van der Waals surface area contributed by atoms with Crippen LogP contribution >= 0.6 is 0 Å². The molecule has 0 saturated heterocycles. The Kier molecular flexibility index (Phi) is 17.7. The van der Waals surface area contributed by atoms with Crippen molar-refractivity contribution in [1.82, 2.24) is 21.9 Å². The number of esters is 2. The normalized spacial score (nSPS) is 11.4. The first-order valence-corrected chi connectivity index (χ1v) is 12.8. The van der Waals surface area contributed by atoms with E-state index in [1.54, 1.807) is 0 Å². The summed E-state index contributed by atoms with van der Waals surface area (Å²) < 4.78 is 9.84. The fourth-order valence-corrected chi connectivity index (χ4v) is 3.82. The predicted octanol–water partition coefficient (Wildman–Crippen LogP) is 0.564. The van der Waals surface area contributed by atoms with Crippen molar-refractivity contribution in [3.05, 3.63) is 12.2 Å². The van der Waals surface area contributed by atoms with E-state index in [-0.39, 0.29) is 12.8 Å². The third-order valence-electron chi connectivity index (χ3n) is 6.34. The van der Waals surface area contributed by atoms with Crippen LogP contribution in [0.15, 0.2) is 12.2 Å². The molecule has 0 fully saturated rings. The monoisotopic (exact) mass is 576 g/mol. The Balaban J connectivity index is 5.49. The van der Waals surface area contributed by atoms with Gasteiger partial charge in [0.1, 0.15) is 13.2 Å². The maximum Gasteiger partial charge on any atom is 0.331 e. The number of carbonyl (C=O) groups is 6. The minimum Gasteiger partial charge on any atom is -0.461 e. The number of ether oxygens (including phenoxy) is 2. The molecule has 0 aromatic carbocycles. The van der Waals surface area contributed by atoms with Crippen molar-refractivity contribution in [3.8, 4) is 0 Å². The molecule has 0 aromatic rings. The molecular weight excluding hydrogens is 536 g/mol. The van der Waals surface area contributed by atoms with Crippen LogP contribution in [0, 0.1) is 10.8 Å². The van der Waals surface area contributed by atoms with Gasteiger partial charge in [0.25, 0.3) is 23.6 Å². The summed E-state index contributed by atoms with van der Waals surface area (Å²) in [6.07, 6.45) is 5.89. The lowest BCUT2D eigenvalue weighted by molar-refractivity contribution is -0.164. The van der Waals surface area contributed by atoms with E-state index in [9.17, 15) is 28.8 Å². The molecule has 0 bridgehead atoms. The summed E-state index contributed by atoms with van der Waals surface area (Å²) in [7, 11) is 0. The number of rotatable bonds is 20. The average Bonchev–Trinajstić information content (AvgIpc) is 2.97. The van der Waals surface area contributed by atoms with Crippen molar-refractivity contribution in [1.29, 1.82) is 0 Å². The number of amides is 4. The van der Waals surface area contributed by atoms with E-state index in [0.29, 0.717) is 37.8 Å². The van der Waals surface area contributed by atoms with E-state index in [2.05, 4.69) is 0 Å². The molecule has 0 saturated carbocycles. The minimum absolute atomic E-state index is 0.189. The smallest absolute Gasteiger partial charge is 0.331 e. The maximum atomic E-state index is 12.3. The zero-order valence-electron chi connectivity index (χ0n) is 22.7. The van der Waals surface area contributed by atoms with Gasteiger partial charge in [0.15, 0.2) is 10.8 Å². The topological polar surface area (TPSA) is 250 Å². The highest BCUT2D eigenvalue weighted by molar-refractivity contribution is 6.05. The molecule has 0 spiro atoms. The Bertz CT molecular complexity index is 791. The standard InChI is InChI=1S/C24H40N4O12/c1-3-5-7-9-13-23(19(31)25-35,20(32)26-36)15-39-17(29)11-12-18(30)40-16-24(21(33)27-37,22(34)28-38)14-10-8-6-4-2/h11-12,35-38H,3-10,13-16H2,1-2H3,(H,25,31)(H,26,32)(H,27,33)(H,28,34)/b12-11-. The molecule has 0 aliphatic heterocycles. The van der Waals surface area contributed by atoms with Crippen molar-refractivity contribution < 1.29 is 59.1 Å². The quantitative estimate of drug-likeness (QED) is 0.0247. The number of hydrogen-bond donors (Lipinski definition) is 8. The molecule has 16 nitrogen and oxygen atoms in total. The van der Waals surface area contributed by atoms with Crippen molar-refractivity contribution in [2.24, 2.45) is 10.8 Å². The predicted molar refractivity (Wildman–Crippen MR) is 133 cm³/mol. The van der Waals surface area contributed by atoms with E-state index in [4.69, 9.17) is 30.3 Å². The Morgan fingerprint density at radius 3 is 1.10 bits per heavy atom. The van der Waals surface area contributed by atoms with Crippen molar-refractivity contribution in [2.75, 3.05) is 13.2 Å². The summed E-state index contributed by atoms with van der Waals surface area (Å²) in [6, 6.07) is 0. The van der Waals surface area contributed by atoms with Gasteiger partial charge in [0.2, 0.25) is 0 Å². The zero-order valence-corrected chi connectivity index (χ0v) is 22.7. The Hall–Kier alpha value is -3.60. The third-order valence-corrected chi connectivity index (χ3v) is 6.34. The molecule has 0 unspecified atom stereocenters. The SMILES string of the molecule is CCCCCCC(COC(=O)/C=C\C(=O)OCC(CCCCCC)(C(=O)NO)C(=O)NO)(C(=O)NO)C(=O)NO. The van der Waals surface area contributed by atoms with E-state index >= 15 is 0 Å². The van der Waals surface area contributed by atoms with Crippen LogP contribution < -0.4 is 21.9 Å². The van der Waals surface area contributed by atoms with Crippen LogP contribution in [0.5, 0.6) is 0 Å². The zero-order chi connectivity index (χ0) is 30.6. The van der Waals surface area contributed by atoms with Gasteiger partial charge >= 0.3 is 11.9 Å². The molecule has 4 amide bonds. The van der Waals surface area contributed by atoms with Crippen LogP contribution in [0.4, 0.5) is 0 Å². The van der Waals surface area contributed by atoms with Crippen molar-refractivity contribution >= 4 is 35.6 Å². The second kappa shape index (κ2) is 19.5. The third kappa shape index (κ3) is 10.9. The highest BCUT2D eigenvalue weighted by Gasteiger charge is 2.48. The van der Waals surface area contributed by atoms with Crippen molar-refractivity contribution in [3.63, 3.8) is 0 Å². The molecule has 0 aliphatic carbocycles. The molecular formula is C24H40N4O12. The van der Waals surface area contributed by atoms with Gasteiger partial charge in [0, 0.05) is 12.2 Å². The van der Waals surface area contributed by atoms with Gasteiger partial charge < -0.3 is 9.47 Å². The molecule has 0 aliphatic rings. The molecule has 0 radical (unpaired) electrons. The van der Waals surface area contributed by atoms with Crippen molar-refractivity contribution in [2.45, 2.75) is 78.1 Å². The lowest BCUT2D eigenvalue weighted by Gasteiger charge is -2.28. The molecule has 0 aromatic heterocycles. The Morgan fingerprint density at radius 2 is 0.850 bits per heavy atom. The van der Waals surface area contributed by atoms with Gasteiger partial charge in [-0.15, -0.1) is 0 Å². The summed E-state index contributed by atoms with van der Waals surface area (Å²) in [5.41, 5.74) is 0.938. The van der Waals surface area contributed by atoms with E-state index in [1.807, 2.05) is 13.8 Å². The van der Waals surface area contributed by atoms with Crippen LogP contribution in [0.2, 0.25) is 0 Å². The van der Waals surface area contributed by atoms with Crippen LogP contribution in [-0.4, -0.2) is 69.6 Å². The van der Waals surface area contributed by atoms with Gasteiger partial charge in [0.05, 0.1) is 0 Å². The summed E-state index contributed by atoms with van der Waals surface area (Å²) in [5, 5.41) is 36.5. The van der Waals surface area contributed by atoms with Crippen LogP contribution in [0.3, 0.4) is 0 Å². The molecule has 0 atom stereocenters. The summed E-state index contributed by atoms with van der Waals surface area (Å²) in [6.45, 7) is 2.07. The van der Waals surface area contributed by atoms with Crippen LogP contribution in [0.25, 0.3) is 0 Å². The number of unbranched alkanes of at least 4 members (excludes halogenated alkanes) is 6. The fraction of sp³-hybridized carbons (Fsp3) is 0.667. The second-order valence-electron chi connectivity index (χ2n) is 9.10. The van der Waals surface area contributed by atoms with Gasteiger partial charge in [-0.05, 0) is 12.8 Å². The molecule has 0 rings (SSSR count). The Labute approximate surface area is 231 Å². The van der Waals surface area contributed by atoms with Gasteiger partial charge in [-0.1, -0.05) is 65.2 Å². The highest BCUT2D eigenvalue weighted by atomic mass is 16.5. The molecule has 16 heteroatoms. The first-order valence-electron chi connectivity index (χ1n) is 12.8. The number of hydroxylamine groups is 4. The number of hydrogen-bond acceptors (Lipinski definition) is 12. The van der Waals surface area contributed by atoms with E-state index < -0.39 is 59.6 Å². The number of nitrogens with one attached hydrogen (secondary N) is 4. The summed E-state index contributed by atoms with van der Waals surface area (Å²) in [4.78, 5) is 73.6. The minimum atomic E-state index is -2.17. The van der Waals surface area contributed by atoms with E-state index in [1.165, 1.54) is 21.9 Å². The summed E-state index contributed by atoms with van der Waals surface area (Å²) in [5.74, 6) is -7.34. The molecule has 228 valence electrons. The summed E-state index contributed by atoms with van der Waals surface area (Å²) >= 11 is 0. The second-order valence-corrected chi connectivity index (χ2v) is 9.10. The number of carbonyl (C=O) groups excluding carboxylic acids is 6. The molecule has 0 heterocycles. The average molecular weight is 577 g/mol. The fourth-order valence-electron chi connectivity index (χ4n) is 3.82. The Morgan fingerprint density at radius 1 is 0.550 bits per heavy atom. The van der Waals surface area contributed by atoms with Crippen LogP contribution in [-0.2, 0) is 38.2 Å².